The molecule has 2 rings (SSSR count). The van der Waals surface area contributed by atoms with Crippen LogP contribution in [0.15, 0.2) is 24.3 Å². The minimum absolute atomic E-state index is 0.207. The highest BCUT2D eigenvalue weighted by molar-refractivity contribution is 6.30. The third-order valence-electron chi connectivity index (χ3n) is 2.46. The summed E-state index contributed by atoms with van der Waals surface area (Å²) in [5.41, 5.74) is 7.06. The highest BCUT2D eigenvalue weighted by atomic mass is 35.5. The topological polar surface area (TPSA) is 73.8 Å². The molecule has 0 spiro atoms. The molecule has 1 aromatic heterocycles. The van der Waals surface area contributed by atoms with Crippen molar-refractivity contribution in [1.82, 2.24) is 15.0 Å². The van der Waals surface area contributed by atoms with Gasteiger partial charge in [-0.3, -0.25) is 4.79 Å². The van der Waals surface area contributed by atoms with Gasteiger partial charge in [0.05, 0.1) is 12.2 Å². The van der Waals surface area contributed by atoms with Gasteiger partial charge in [-0.1, -0.05) is 28.9 Å². The molecule has 5 nitrogen and oxygen atoms in total. The Kier molecular flexibility index (Phi) is 3.10. The second-order valence-corrected chi connectivity index (χ2v) is 4.11. The van der Waals surface area contributed by atoms with E-state index in [0.29, 0.717) is 17.3 Å². The molecule has 0 unspecified atom stereocenters. The molecule has 0 atom stereocenters. The summed E-state index contributed by atoms with van der Waals surface area (Å²) in [5, 5.41) is 8.31. The maximum absolute atomic E-state index is 11.0. The number of rotatable bonds is 3. The van der Waals surface area contributed by atoms with Crippen LogP contribution in [-0.2, 0) is 6.54 Å². The Hall–Kier alpha value is -1.88. The zero-order valence-corrected chi connectivity index (χ0v) is 9.98. The SMILES string of the molecule is Cc1c(C(N)=O)nnn1Cc1ccc(Cl)cc1. The van der Waals surface area contributed by atoms with E-state index in [1.54, 1.807) is 23.7 Å². The van der Waals surface area contributed by atoms with Gasteiger partial charge in [0.1, 0.15) is 0 Å². The van der Waals surface area contributed by atoms with Crippen molar-refractivity contribution in [2.75, 3.05) is 0 Å². The maximum Gasteiger partial charge on any atom is 0.271 e. The highest BCUT2D eigenvalue weighted by Gasteiger charge is 2.13. The number of carbonyl (C=O) groups is 1. The molecule has 88 valence electrons. The Balaban J connectivity index is 2.24. The van der Waals surface area contributed by atoms with Crippen LogP contribution < -0.4 is 5.73 Å². The molecule has 1 amide bonds. The van der Waals surface area contributed by atoms with Crippen LogP contribution in [0.4, 0.5) is 0 Å². The van der Waals surface area contributed by atoms with Crippen molar-refractivity contribution in [2.24, 2.45) is 5.73 Å². The van der Waals surface area contributed by atoms with Crippen molar-refractivity contribution in [3.8, 4) is 0 Å². The molecule has 0 radical (unpaired) electrons. The molecule has 0 aliphatic carbocycles. The van der Waals surface area contributed by atoms with Crippen molar-refractivity contribution in [2.45, 2.75) is 13.5 Å². The van der Waals surface area contributed by atoms with Crippen LogP contribution in [0.5, 0.6) is 0 Å². The summed E-state index contributed by atoms with van der Waals surface area (Å²) >= 11 is 5.80. The first kappa shape index (κ1) is 11.6. The number of carbonyl (C=O) groups excluding carboxylic acids is 1. The van der Waals surface area contributed by atoms with Gasteiger partial charge in [0.2, 0.25) is 0 Å². The molecule has 17 heavy (non-hydrogen) atoms. The number of nitrogens with two attached hydrogens (primary N) is 1. The predicted octanol–water partition coefficient (Wildman–Crippen LogP) is 1.39. The third-order valence-corrected chi connectivity index (χ3v) is 2.71. The lowest BCUT2D eigenvalue weighted by Gasteiger charge is -2.03. The first-order valence-corrected chi connectivity index (χ1v) is 5.40. The summed E-state index contributed by atoms with van der Waals surface area (Å²) in [5.74, 6) is -0.565. The number of hydrogen-bond acceptors (Lipinski definition) is 3. The summed E-state index contributed by atoms with van der Waals surface area (Å²) in [7, 11) is 0. The van der Waals surface area contributed by atoms with Gasteiger partial charge in [0.25, 0.3) is 5.91 Å². The molecular formula is C11H11ClN4O. The van der Waals surface area contributed by atoms with E-state index in [4.69, 9.17) is 17.3 Å². The van der Waals surface area contributed by atoms with E-state index < -0.39 is 5.91 Å². The number of hydrogen-bond donors (Lipinski definition) is 1. The summed E-state index contributed by atoms with van der Waals surface area (Å²) in [6, 6.07) is 7.40. The molecule has 2 aromatic rings. The number of benzene rings is 1. The van der Waals surface area contributed by atoms with E-state index >= 15 is 0 Å². The van der Waals surface area contributed by atoms with Crippen LogP contribution >= 0.6 is 11.6 Å². The molecule has 0 saturated heterocycles. The van der Waals surface area contributed by atoms with Crippen LogP contribution in [0.2, 0.25) is 5.02 Å². The fourth-order valence-corrected chi connectivity index (χ4v) is 1.63. The lowest BCUT2D eigenvalue weighted by Crippen LogP contribution is -2.13. The van der Waals surface area contributed by atoms with Gasteiger partial charge in [-0.05, 0) is 24.6 Å². The quantitative estimate of drug-likeness (QED) is 0.895. The molecule has 0 aliphatic heterocycles. The average Bonchev–Trinajstić information content (AvgIpc) is 2.64. The normalized spacial score (nSPS) is 10.5. The third kappa shape index (κ3) is 2.45. The lowest BCUT2D eigenvalue weighted by molar-refractivity contribution is 0.0995. The summed E-state index contributed by atoms with van der Waals surface area (Å²) in [6.45, 7) is 2.29. The summed E-state index contributed by atoms with van der Waals surface area (Å²) < 4.78 is 1.63. The zero-order valence-electron chi connectivity index (χ0n) is 9.22. The predicted molar refractivity (Wildman–Crippen MR) is 63.8 cm³/mol. The van der Waals surface area contributed by atoms with Gasteiger partial charge in [-0.15, -0.1) is 5.10 Å². The number of amides is 1. The molecule has 0 fully saturated rings. The number of primary amides is 1. The minimum atomic E-state index is -0.565. The van der Waals surface area contributed by atoms with Gasteiger partial charge in [-0.25, -0.2) is 4.68 Å². The van der Waals surface area contributed by atoms with E-state index in [9.17, 15) is 4.79 Å². The van der Waals surface area contributed by atoms with Crippen molar-refractivity contribution in [3.05, 3.63) is 46.2 Å². The Labute approximate surface area is 103 Å². The van der Waals surface area contributed by atoms with Gasteiger partial charge in [0, 0.05) is 5.02 Å². The summed E-state index contributed by atoms with van der Waals surface area (Å²) in [4.78, 5) is 11.0. The molecular weight excluding hydrogens is 240 g/mol. The van der Waals surface area contributed by atoms with Crippen molar-refractivity contribution >= 4 is 17.5 Å². The molecule has 1 aromatic carbocycles. The average molecular weight is 251 g/mol. The highest BCUT2D eigenvalue weighted by Crippen LogP contribution is 2.12. The van der Waals surface area contributed by atoms with Gasteiger partial charge >= 0.3 is 0 Å². The maximum atomic E-state index is 11.0. The fraction of sp³-hybridized carbons (Fsp3) is 0.182. The van der Waals surface area contributed by atoms with Crippen LogP contribution in [-0.4, -0.2) is 20.9 Å². The Bertz CT molecular complexity index is 547. The number of nitrogens with zero attached hydrogens (tertiary/aromatic N) is 3. The molecule has 6 heteroatoms. The van der Waals surface area contributed by atoms with E-state index in [1.807, 2.05) is 12.1 Å². The Morgan fingerprint density at radius 1 is 1.41 bits per heavy atom. The van der Waals surface area contributed by atoms with Crippen LogP contribution in [0.25, 0.3) is 0 Å². The molecule has 0 bridgehead atoms. The summed E-state index contributed by atoms with van der Waals surface area (Å²) in [6.07, 6.45) is 0. The van der Waals surface area contributed by atoms with E-state index in [-0.39, 0.29) is 5.69 Å². The molecule has 1 heterocycles. The van der Waals surface area contributed by atoms with Gasteiger partial charge in [0.15, 0.2) is 5.69 Å². The second kappa shape index (κ2) is 4.55. The van der Waals surface area contributed by atoms with Crippen molar-refractivity contribution < 1.29 is 4.79 Å². The largest absolute Gasteiger partial charge is 0.364 e. The zero-order chi connectivity index (χ0) is 12.4. The number of halogens is 1. The van der Waals surface area contributed by atoms with Crippen molar-refractivity contribution in [1.29, 1.82) is 0 Å². The Morgan fingerprint density at radius 3 is 2.59 bits per heavy atom. The lowest BCUT2D eigenvalue weighted by atomic mass is 10.2. The fourth-order valence-electron chi connectivity index (χ4n) is 1.50. The number of aromatic nitrogens is 3. The van der Waals surface area contributed by atoms with E-state index in [1.165, 1.54) is 0 Å². The van der Waals surface area contributed by atoms with Crippen LogP contribution in [0.3, 0.4) is 0 Å². The molecule has 2 N–H and O–H groups in total. The molecule has 0 aliphatic rings. The Morgan fingerprint density at radius 2 is 2.06 bits per heavy atom. The standard InChI is InChI=1S/C11H11ClN4O/c1-7-10(11(13)17)14-15-16(7)6-8-2-4-9(12)5-3-8/h2-5H,6H2,1H3,(H2,13,17). The minimum Gasteiger partial charge on any atom is -0.364 e. The monoisotopic (exact) mass is 250 g/mol. The van der Waals surface area contributed by atoms with Crippen molar-refractivity contribution in [3.63, 3.8) is 0 Å². The smallest absolute Gasteiger partial charge is 0.271 e. The van der Waals surface area contributed by atoms with E-state index in [2.05, 4.69) is 10.3 Å². The van der Waals surface area contributed by atoms with Gasteiger partial charge < -0.3 is 5.73 Å². The first-order chi connectivity index (χ1) is 8.08. The first-order valence-electron chi connectivity index (χ1n) is 5.02. The van der Waals surface area contributed by atoms with E-state index in [0.717, 1.165) is 5.56 Å². The van der Waals surface area contributed by atoms with Crippen LogP contribution in [0, 0.1) is 6.92 Å². The molecule has 0 saturated carbocycles. The van der Waals surface area contributed by atoms with Crippen LogP contribution in [0.1, 0.15) is 21.7 Å². The van der Waals surface area contributed by atoms with Gasteiger partial charge in [-0.2, -0.15) is 0 Å². The second-order valence-electron chi connectivity index (χ2n) is 3.67.